The summed E-state index contributed by atoms with van der Waals surface area (Å²) in [6.45, 7) is 0. The SMILES string of the molecule is COc1ccc(C(=O)Nc2ccc(-c3ncn(-c4ccc(C(F)(F)F)cc4)n3)cc2)cc1-c1ccccc1. The summed E-state index contributed by atoms with van der Waals surface area (Å²) < 4.78 is 45.3. The number of rotatable bonds is 6. The molecule has 0 saturated heterocycles. The van der Waals surface area contributed by atoms with E-state index in [0.29, 0.717) is 34.1 Å². The van der Waals surface area contributed by atoms with Crippen LogP contribution < -0.4 is 10.1 Å². The first-order valence-corrected chi connectivity index (χ1v) is 11.6. The van der Waals surface area contributed by atoms with Gasteiger partial charge in [-0.05, 0) is 72.3 Å². The Hall–Kier alpha value is -4.92. The van der Waals surface area contributed by atoms with E-state index in [9.17, 15) is 18.0 Å². The Morgan fingerprint density at radius 3 is 2.24 bits per heavy atom. The second kappa shape index (κ2) is 10.2. The van der Waals surface area contributed by atoms with Crippen molar-refractivity contribution < 1.29 is 22.7 Å². The van der Waals surface area contributed by atoms with E-state index in [1.807, 2.05) is 30.3 Å². The summed E-state index contributed by atoms with van der Waals surface area (Å²) in [4.78, 5) is 17.2. The third kappa shape index (κ3) is 5.27. The number of anilines is 1. The van der Waals surface area contributed by atoms with E-state index in [4.69, 9.17) is 4.74 Å². The van der Waals surface area contributed by atoms with Gasteiger partial charge < -0.3 is 10.1 Å². The molecule has 1 heterocycles. The number of methoxy groups -OCH3 is 1. The van der Waals surface area contributed by atoms with Gasteiger partial charge >= 0.3 is 6.18 Å². The van der Waals surface area contributed by atoms with Gasteiger partial charge in [-0.25, -0.2) is 9.67 Å². The lowest BCUT2D eigenvalue weighted by Crippen LogP contribution is -2.12. The Morgan fingerprint density at radius 2 is 1.58 bits per heavy atom. The maximum absolute atomic E-state index is 12.9. The van der Waals surface area contributed by atoms with Crippen molar-refractivity contribution in [1.82, 2.24) is 14.8 Å². The third-order valence-corrected chi connectivity index (χ3v) is 5.90. The maximum Gasteiger partial charge on any atom is 0.416 e. The molecule has 0 atom stereocenters. The smallest absolute Gasteiger partial charge is 0.416 e. The molecule has 190 valence electrons. The third-order valence-electron chi connectivity index (χ3n) is 5.90. The van der Waals surface area contributed by atoms with Crippen LogP contribution in [0.2, 0.25) is 0 Å². The van der Waals surface area contributed by atoms with Crippen molar-refractivity contribution in [2.45, 2.75) is 6.18 Å². The van der Waals surface area contributed by atoms with Crippen LogP contribution in [0.25, 0.3) is 28.2 Å². The number of alkyl halides is 3. The summed E-state index contributed by atoms with van der Waals surface area (Å²) in [7, 11) is 1.59. The lowest BCUT2D eigenvalue weighted by Gasteiger charge is -2.11. The molecule has 9 heteroatoms. The van der Waals surface area contributed by atoms with Gasteiger partial charge in [0.25, 0.3) is 5.91 Å². The Kier molecular flexibility index (Phi) is 6.66. The molecule has 0 saturated carbocycles. The van der Waals surface area contributed by atoms with Crippen molar-refractivity contribution in [2.24, 2.45) is 0 Å². The minimum absolute atomic E-state index is 0.276. The van der Waals surface area contributed by atoms with Gasteiger partial charge in [-0.2, -0.15) is 13.2 Å². The Morgan fingerprint density at radius 1 is 0.868 bits per heavy atom. The van der Waals surface area contributed by atoms with E-state index in [2.05, 4.69) is 15.4 Å². The predicted molar refractivity (Wildman–Crippen MR) is 138 cm³/mol. The Labute approximate surface area is 216 Å². The van der Waals surface area contributed by atoms with Gasteiger partial charge in [-0.15, -0.1) is 5.10 Å². The minimum Gasteiger partial charge on any atom is -0.496 e. The van der Waals surface area contributed by atoms with Gasteiger partial charge in [0, 0.05) is 22.4 Å². The van der Waals surface area contributed by atoms with E-state index in [0.717, 1.165) is 23.3 Å². The number of nitrogens with one attached hydrogen (secondary N) is 1. The standard InChI is InChI=1S/C29H21F3N4O2/c1-38-26-16-9-21(17-25(26)19-5-3-2-4-6-19)28(37)34-23-12-7-20(8-13-23)27-33-18-36(35-27)24-14-10-22(11-15-24)29(30,31)32/h2-18H,1H3,(H,34,37). The van der Waals surface area contributed by atoms with Crippen molar-refractivity contribution in [3.05, 3.63) is 115 Å². The molecule has 6 nitrogen and oxygen atoms in total. The average Bonchev–Trinajstić information content (AvgIpc) is 3.43. The molecule has 1 aromatic heterocycles. The fraction of sp³-hybridized carbons (Fsp3) is 0.0690. The second-order valence-corrected chi connectivity index (χ2v) is 8.37. The van der Waals surface area contributed by atoms with E-state index in [-0.39, 0.29) is 5.91 Å². The summed E-state index contributed by atoms with van der Waals surface area (Å²) in [5.74, 6) is 0.785. The van der Waals surface area contributed by atoms with Gasteiger partial charge in [0.15, 0.2) is 5.82 Å². The molecule has 0 radical (unpaired) electrons. The number of benzene rings is 4. The highest BCUT2D eigenvalue weighted by Crippen LogP contribution is 2.32. The second-order valence-electron chi connectivity index (χ2n) is 8.37. The van der Waals surface area contributed by atoms with Crippen LogP contribution in [0.5, 0.6) is 5.75 Å². The first-order valence-electron chi connectivity index (χ1n) is 11.6. The van der Waals surface area contributed by atoms with Crippen molar-refractivity contribution in [1.29, 1.82) is 0 Å². The maximum atomic E-state index is 12.9. The number of amides is 1. The first kappa shape index (κ1) is 24.8. The van der Waals surface area contributed by atoms with Crippen molar-refractivity contribution in [3.63, 3.8) is 0 Å². The molecule has 0 bridgehead atoms. The van der Waals surface area contributed by atoms with E-state index in [1.165, 1.54) is 23.1 Å². The van der Waals surface area contributed by atoms with Crippen molar-refractivity contribution >= 4 is 11.6 Å². The largest absolute Gasteiger partial charge is 0.496 e. The molecule has 1 amide bonds. The predicted octanol–water partition coefficient (Wildman–Crippen LogP) is 6.88. The van der Waals surface area contributed by atoms with Gasteiger partial charge in [0.05, 0.1) is 18.4 Å². The van der Waals surface area contributed by atoms with Crippen LogP contribution in [0.15, 0.2) is 103 Å². The molecule has 0 aliphatic carbocycles. The number of hydrogen-bond acceptors (Lipinski definition) is 4. The van der Waals surface area contributed by atoms with Gasteiger partial charge in [-0.3, -0.25) is 4.79 Å². The average molecular weight is 515 g/mol. The van der Waals surface area contributed by atoms with Crippen molar-refractivity contribution in [2.75, 3.05) is 12.4 Å². The summed E-state index contributed by atoms with van der Waals surface area (Å²) in [6, 6.07) is 26.6. The summed E-state index contributed by atoms with van der Waals surface area (Å²) in [5.41, 5.74) is 3.21. The van der Waals surface area contributed by atoms with E-state index in [1.54, 1.807) is 49.6 Å². The number of carbonyl (C=O) groups excluding carboxylic acids is 1. The number of carbonyl (C=O) groups is 1. The van der Waals surface area contributed by atoms with Crippen LogP contribution in [0.1, 0.15) is 15.9 Å². The lowest BCUT2D eigenvalue weighted by molar-refractivity contribution is -0.137. The molecule has 4 aromatic carbocycles. The molecular weight excluding hydrogens is 493 g/mol. The van der Waals surface area contributed by atoms with Crippen LogP contribution in [-0.4, -0.2) is 27.8 Å². The lowest BCUT2D eigenvalue weighted by atomic mass is 10.0. The van der Waals surface area contributed by atoms with Gasteiger partial charge in [0.2, 0.25) is 0 Å². The summed E-state index contributed by atoms with van der Waals surface area (Å²) in [6.07, 6.45) is -2.97. The Bertz CT molecular complexity index is 1560. The van der Waals surface area contributed by atoms with Gasteiger partial charge in [-0.1, -0.05) is 30.3 Å². The summed E-state index contributed by atoms with van der Waals surface area (Å²) >= 11 is 0. The van der Waals surface area contributed by atoms with E-state index >= 15 is 0 Å². The fourth-order valence-electron chi connectivity index (χ4n) is 3.92. The fourth-order valence-corrected chi connectivity index (χ4v) is 3.92. The minimum atomic E-state index is -4.40. The molecule has 38 heavy (non-hydrogen) atoms. The van der Waals surface area contributed by atoms with Crippen LogP contribution in [0.4, 0.5) is 18.9 Å². The number of halogens is 3. The Balaban J connectivity index is 1.30. The zero-order valence-corrected chi connectivity index (χ0v) is 20.1. The molecule has 0 fully saturated rings. The number of ether oxygens (including phenoxy) is 1. The molecule has 5 aromatic rings. The number of hydrogen-bond donors (Lipinski definition) is 1. The van der Waals surface area contributed by atoms with Crippen LogP contribution >= 0.6 is 0 Å². The highest BCUT2D eigenvalue weighted by atomic mass is 19.4. The van der Waals surface area contributed by atoms with Crippen LogP contribution in [-0.2, 0) is 6.18 Å². The highest BCUT2D eigenvalue weighted by molar-refractivity contribution is 6.05. The van der Waals surface area contributed by atoms with Crippen molar-refractivity contribution in [3.8, 4) is 34.0 Å². The normalized spacial score (nSPS) is 11.3. The molecular formula is C29H21F3N4O2. The first-order chi connectivity index (χ1) is 18.3. The summed E-state index contributed by atoms with van der Waals surface area (Å²) in [5, 5.41) is 7.24. The zero-order valence-electron chi connectivity index (χ0n) is 20.1. The molecule has 0 aliphatic heterocycles. The van der Waals surface area contributed by atoms with E-state index < -0.39 is 11.7 Å². The number of nitrogens with zero attached hydrogens (tertiary/aromatic N) is 3. The van der Waals surface area contributed by atoms with Gasteiger partial charge in [0.1, 0.15) is 12.1 Å². The van der Waals surface area contributed by atoms with Crippen LogP contribution in [0, 0.1) is 0 Å². The molecule has 0 unspecified atom stereocenters. The molecule has 0 spiro atoms. The van der Waals surface area contributed by atoms with Crippen LogP contribution in [0.3, 0.4) is 0 Å². The topological polar surface area (TPSA) is 69.0 Å². The molecule has 0 aliphatic rings. The molecule has 5 rings (SSSR count). The zero-order chi connectivity index (χ0) is 26.7. The highest BCUT2D eigenvalue weighted by Gasteiger charge is 2.30. The monoisotopic (exact) mass is 514 g/mol. The quantitative estimate of drug-likeness (QED) is 0.268. The molecule has 1 N–H and O–H groups in total. The number of aromatic nitrogens is 3.